The van der Waals surface area contributed by atoms with E-state index < -0.39 is 0 Å². The minimum absolute atomic E-state index is 0.746. The molecule has 0 saturated carbocycles. The third-order valence-corrected chi connectivity index (χ3v) is 3.77. The molecule has 2 rings (SSSR count). The number of rotatable bonds is 3. The molecule has 0 bridgehead atoms. The number of nitrogens with two attached hydrogens (primary N) is 1. The Morgan fingerprint density at radius 2 is 2.00 bits per heavy atom. The number of anilines is 1. The van der Waals surface area contributed by atoms with E-state index in [1.54, 1.807) is 0 Å². The Morgan fingerprint density at radius 1 is 1.25 bits per heavy atom. The van der Waals surface area contributed by atoms with Crippen LogP contribution in [0.25, 0.3) is 0 Å². The van der Waals surface area contributed by atoms with E-state index in [0.29, 0.717) is 0 Å². The Balaban J connectivity index is 2.03. The van der Waals surface area contributed by atoms with Crippen LogP contribution in [0.3, 0.4) is 0 Å². The predicted octanol–water partition coefficient (Wildman–Crippen LogP) is 2.88. The third kappa shape index (κ3) is 2.22. The lowest BCUT2D eigenvalue weighted by molar-refractivity contribution is 0.215. The van der Waals surface area contributed by atoms with Crippen molar-refractivity contribution in [2.75, 3.05) is 12.3 Å². The molecule has 1 atom stereocenters. The largest absolute Gasteiger partial charge is 0.398 e. The van der Waals surface area contributed by atoms with Crippen molar-refractivity contribution in [3.05, 3.63) is 29.3 Å². The summed E-state index contributed by atoms with van der Waals surface area (Å²) in [5.74, 6) is 1.50. The zero-order chi connectivity index (χ0) is 11.7. The summed E-state index contributed by atoms with van der Waals surface area (Å²) in [6, 6.07) is 6.27. The van der Waals surface area contributed by atoms with E-state index in [2.05, 4.69) is 37.8 Å². The van der Waals surface area contributed by atoms with Crippen LogP contribution in [0.1, 0.15) is 31.9 Å². The minimum Gasteiger partial charge on any atom is -0.398 e. The maximum atomic E-state index is 6.00. The Kier molecular flexibility index (Phi) is 3.20. The van der Waals surface area contributed by atoms with E-state index in [1.807, 2.05) is 6.07 Å². The number of fused-ring (bicyclic) bond motifs is 1. The molecule has 1 aromatic rings. The SMILES string of the molecule is CC(C)C(C)CN1Cc2cccc(N)c2C1. The zero-order valence-corrected chi connectivity index (χ0v) is 10.5. The quantitative estimate of drug-likeness (QED) is 0.790. The molecular formula is C14H22N2. The first-order valence-electron chi connectivity index (χ1n) is 6.16. The molecule has 0 aromatic heterocycles. The van der Waals surface area contributed by atoms with E-state index in [9.17, 15) is 0 Å². The molecule has 0 radical (unpaired) electrons. The highest BCUT2D eigenvalue weighted by atomic mass is 15.1. The lowest BCUT2D eigenvalue weighted by Crippen LogP contribution is -2.25. The summed E-state index contributed by atoms with van der Waals surface area (Å²) < 4.78 is 0. The van der Waals surface area contributed by atoms with Crippen molar-refractivity contribution in [1.29, 1.82) is 0 Å². The van der Waals surface area contributed by atoms with Gasteiger partial charge in [0.05, 0.1) is 0 Å². The van der Waals surface area contributed by atoms with Crippen LogP contribution < -0.4 is 5.73 Å². The number of benzene rings is 1. The fourth-order valence-corrected chi connectivity index (χ4v) is 2.26. The van der Waals surface area contributed by atoms with Crippen molar-refractivity contribution in [3.63, 3.8) is 0 Å². The van der Waals surface area contributed by atoms with Crippen LogP contribution in [-0.2, 0) is 13.1 Å². The molecule has 0 amide bonds. The molecule has 2 nitrogen and oxygen atoms in total. The predicted molar refractivity (Wildman–Crippen MR) is 69.0 cm³/mol. The van der Waals surface area contributed by atoms with Gasteiger partial charge in [-0.2, -0.15) is 0 Å². The van der Waals surface area contributed by atoms with Gasteiger partial charge in [-0.25, -0.2) is 0 Å². The summed E-state index contributed by atoms with van der Waals surface area (Å²) in [6.07, 6.45) is 0. The van der Waals surface area contributed by atoms with Gasteiger partial charge in [0.15, 0.2) is 0 Å². The van der Waals surface area contributed by atoms with Gasteiger partial charge < -0.3 is 5.73 Å². The first-order chi connectivity index (χ1) is 7.58. The first kappa shape index (κ1) is 11.5. The van der Waals surface area contributed by atoms with Gasteiger partial charge in [-0.1, -0.05) is 32.9 Å². The molecule has 16 heavy (non-hydrogen) atoms. The summed E-state index contributed by atoms with van der Waals surface area (Å²) in [6.45, 7) is 10.2. The molecular weight excluding hydrogens is 196 g/mol. The van der Waals surface area contributed by atoms with Crippen LogP contribution in [0.2, 0.25) is 0 Å². The topological polar surface area (TPSA) is 29.3 Å². The lowest BCUT2D eigenvalue weighted by atomic mass is 9.98. The average molecular weight is 218 g/mol. The van der Waals surface area contributed by atoms with Crippen LogP contribution in [-0.4, -0.2) is 11.4 Å². The molecule has 88 valence electrons. The first-order valence-corrected chi connectivity index (χ1v) is 6.16. The van der Waals surface area contributed by atoms with E-state index >= 15 is 0 Å². The van der Waals surface area contributed by atoms with Crippen molar-refractivity contribution >= 4 is 5.69 Å². The van der Waals surface area contributed by atoms with Crippen LogP contribution >= 0.6 is 0 Å². The Bertz CT molecular complexity index is 371. The Morgan fingerprint density at radius 3 is 2.62 bits per heavy atom. The molecule has 1 unspecified atom stereocenters. The van der Waals surface area contributed by atoms with Crippen molar-refractivity contribution < 1.29 is 0 Å². The molecule has 0 saturated heterocycles. The van der Waals surface area contributed by atoms with Gasteiger partial charge in [-0.05, 0) is 29.0 Å². The monoisotopic (exact) mass is 218 g/mol. The number of nitrogen functional groups attached to an aromatic ring is 1. The van der Waals surface area contributed by atoms with Crippen molar-refractivity contribution in [1.82, 2.24) is 4.90 Å². The molecule has 1 aliphatic rings. The fourth-order valence-electron chi connectivity index (χ4n) is 2.26. The molecule has 0 fully saturated rings. The Labute approximate surface area is 98.4 Å². The summed E-state index contributed by atoms with van der Waals surface area (Å²) >= 11 is 0. The van der Waals surface area contributed by atoms with Gasteiger partial charge in [-0.3, -0.25) is 4.90 Å². The van der Waals surface area contributed by atoms with Crippen LogP contribution in [0.5, 0.6) is 0 Å². The smallest absolute Gasteiger partial charge is 0.0363 e. The van der Waals surface area contributed by atoms with Crippen LogP contribution in [0.4, 0.5) is 5.69 Å². The van der Waals surface area contributed by atoms with E-state index in [1.165, 1.54) is 17.7 Å². The van der Waals surface area contributed by atoms with Gasteiger partial charge in [0.1, 0.15) is 0 Å². The fraction of sp³-hybridized carbons (Fsp3) is 0.571. The van der Waals surface area contributed by atoms with Crippen molar-refractivity contribution in [2.45, 2.75) is 33.9 Å². The normalized spacial score (nSPS) is 17.8. The molecule has 0 spiro atoms. The third-order valence-electron chi connectivity index (χ3n) is 3.77. The van der Waals surface area contributed by atoms with E-state index in [4.69, 9.17) is 5.73 Å². The van der Waals surface area contributed by atoms with Crippen molar-refractivity contribution in [3.8, 4) is 0 Å². The number of hydrogen-bond donors (Lipinski definition) is 1. The highest BCUT2D eigenvalue weighted by Crippen LogP contribution is 2.28. The van der Waals surface area contributed by atoms with E-state index in [0.717, 1.165) is 30.6 Å². The van der Waals surface area contributed by atoms with E-state index in [-0.39, 0.29) is 0 Å². The zero-order valence-electron chi connectivity index (χ0n) is 10.5. The minimum atomic E-state index is 0.746. The van der Waals surface area contributed by atoms with Crippen molar-refractivity contribution in [2.24, 2.45) is 11.8 Å². The second-order valence-corrected chi connectivity index (χ2v) is 5.38. The van der Waals surface area contributed by atoms with Gasteiger partial charge in [0, 0.05) is 25.3 Å². The highest BCUT2D eigenvalue weighted by Gasteiger charge is 2.22. The Hall–Kier alpha value is -1.02. The molecule has 2 heteroatoms. The van der Waals surface area contributed by atoms with Gasteiger partial charge >= 0.3 is 0 Å². The van der Waals surface area contributed by atoms with Gasteiger partial charge in [0.2, 0.25) is 0 Å². The lowest BCUT2D eigenvalue weighted by Gasteiger charge is -2.22. The average Bonchev–Trinajstić information content (AvgIpc) is 2.61. The maximum absolute atomic E-state index is 6.00. The molecule has 2 N–H and O–H groups in total. The molecule has 1 aromatic carbocycles. The second kappa shape index (κ2) is 4.46. The summed E-state index contributed by atoms with van der Waals surface area (Å²) in [4.78, 5) is 2.51. The van der Waals surface area contributed by atoms with Gasteiger partial charge in [0.25, 0.3) is 0 Å². The van der Waals surface area contributed by atoms with Crippen LogP contribution in [0.15, 0.2) is 18.2 Å². The molecule has 0 aliphatic carbocycles. The van der Waals surface area contributed by atoms with Gasteiger partial charge in [-0.15, -0.1) is 0 Å². The van der Waals surface area contributed by atoms with Crippen LogP contribution in [0, 0.1) is 11.8 Å². The maximum Gasteiger partial charge on any atom is 0.0363 e. The number of hydrogen-bond acceptors (Lipinski definition) is 2. The number of nitrogens with zero attached hydrogens (tertiary/aromatic N) is 1. The summed E-state index contributed by atoms with van der Waals surface area (Å²) in [7, 11) is 0. The molecule has 1 aliphatic heterocycles. The summed E-state index contributed by atoms with van der Waals surface area (Å²) in [5, 5.41) is 0. The summed E-state index contributed by atoms with van der Waals surface area (Å²) in [5.41, 5.74) is 9.71. The second-order valence-electron chi connectivity index (χ2n) is 5.38. The highest BCUT2D eigenvalue weighted by molar-refractivity contribution is 5.52. The standard InChI is InChI=1S/C14H22N2/c1-10(2)11(3)7-16-8-12-5-4-6-14(15)13(12)9-16/h4-6,10-11H,7-9,15H2,1-3H3. The molecule has 1 heterocycles.